The van der Waals surface area contributed by atoms with Crippen LogP contribution in [0.4, 0.5) is 5.69 Å². The number of hydrogen-bond acceptors (Lipinski definition) is 4. The quantitative estimate of drug-likeness (QED) is 0.614. The normalized spacial score (nSPS) is 15.9. The minimum absolute atomic E-state index is 0.0694. The Labute approximate surface area is 164 Å². The van der Waals surface area contributed by atoms with Crippen molar-refractivity contribution in [3.05, 3.63) is 53.7 Å². The van der Waals surface area contributed by atoms with Crippen LogP contribution in [0.1, 0.15) is 24.1 Å². The first kappa shape index (κ1) is 18.2. The molecule has 2 heterocycles. The van der Waals surface area contributed by atoms with Crippen molar-refractivity contribution >= 4 is 23.0 Å². The van der Waals surface area contributed by atoms with E-state index in [9.17, 15) is 4.79 Å². The smallest absolute Gasteiger partial charge is 0.210 e. The summed E-state index contributed by atoms with van der Waals surface area (Å²) in [6.45, 7) is 3.82. The van der Waals surface area contributed by atoms with Gasteiger partial charge in [0.1, 0.15) is 0 Å². The van der Waals surface area contributed by atoms with Gasteiger partial charge in [-0.25, -0.2) is 0 Å². The molecule has 0 aliphatic carbocycles. The van der Waals surface area contributed by atoms with Crippen LogP contribution in [0.15, 0.2) is 42.6 Å². The van der Waals surface area contributed by atoms with E-state index in [1.165, 1.54) is 5.56 Å². The van der Waals surface area contributed by atoms with Gasteiger partial charge in [0.05, 0.1) is 25.4 Å². The van der Waals surface area contributed by atoms with Crippen LogP contribution in [-0.2, 0) is 11.2 Å². The van der Waals surface area contributed by atoms with Gasteiger partial charge in [0, 0.05) is 30.2 Å². The van der Waals surface area contributed by atoms with Crippen LogP contribution in [0.3, 0.4) is 0 Å². The monoisotopic (exact) mass is 379 g/mol. The van der Waals surface area contributed by atoms with Crippen LogP contribution >= 0.6 is 0 Å². The number of nitrogens with zero attached hydrogens (tertiary/aromatic N) is 1. The number of carbonyl (C=O) groups excluding carboxylic acids is 1. The minimum atomic E-state index is -0.0694. The van der Waals surface area contributed by atoms with Crippen molar-refractivity contribution in [1.29, 1.82) is 0 Å². The highest BCUT2D eigenvalue weighted by Crippen LogP contribution is 2.38. The van der Waals surface area contributed by atoms with Crippen LogP contribution in [0.2, 0.25) is 0 Å². The molecule has 1 amide bonds. The van der Waals surface area contributed by atoms with Gasteiger partial charge >= 0.3 is 0 Å². The molecule has 0 unspecified atom stereocenters. The third kappa shape index (κ3) is 3.26. The van der Waals surface area contributed by atoms with Crippen LogP contribution < -0.4 is 14.8 Å². The zero-order valence-electron chi connectivity index (χ0n) is 16.2. The van der Waals surface area contributed by atoms with E-state index in [4.69, 9.17) is 9.47 Å². The Morgan fingerprint density at radius 1 is 1.29 bits per heavy atom. The first-order chi connectivity index (χ1) is 13.7. The molecule has 3 aromatic rings. The number of amides is 1. The van der Waals surface area contributed by atoms with E-state index < -0.39 is 0 Å². The predicted molar refractivity (Wildman–Crippen MR) is 110 cm³/mol. The molecule has 0 radical (unpaired) electrons. The van der Waals surface area contributed by atoms with Crippen molar-refractivity contribution in [3.8, 4) is 11.5 Å². The summed E-state index contributed by atoms with van der Waals surface area (Å²) in [4.78, 5) is 16.9. The van der Waals surface area contributed by atoms with Crippen LogP contribution in [-0.4, -0.2) is 43.1 Å². The van der Waals surface area contributed by atoms with Gasteiger partial charge in [-0.1, -0.05) is 18.2 Å². The third-order valence-corrected chi connectivity index (χ3v) is 5.33. The standard InChI is InChI=1S/C22H25N3O3/c1-3-28-22-11-17-15(10-21(22)27-2)8-9-25(14-26)20(17)13-24-19-12-23-18-7-5-4-6-16(18)19/h4-7,10-12,14,20,23-24H,3,8-9,13H2,1-2H3/t20-/m1/s1. The SMILES string of the molecule is CCOc1cc2c(cc1OC)CCN(C=O)[C@@H]2CNc1c[nH]c2ccccc12. The average molecular weight is 379 g/mol. The number of methoxy groups -OCH3 is 1. The summed E-state index contributed by atoms with van der Waals surface area (Å²) in [7, 11) is 1.65. The Bertz CT molecular complexity index is 982. The van der Waals surface area contributed by atoms with Crippen molar-refractivity contribution in [2.45, 2.75) is 19.4 Å². The molecular formula is C22H25N3O3. The van der Waals surface area contributed by atoms with Gasteiger partial charge < -0.3 is 24.7 Å². The highest BCUT2D eigenvalue weighted by molar-refractivity contribution is 5.92. The average Bonchev–Trinajstić information content (AvgIpc) is 3.15. The number of H-pyrrole nitrogens is 1. The van der Waals surface area contributed by atoms with Crippen molar-refractivity contribution in [2.75, 3.05) is 32.1 Å². The Morgan fingerprint density at radius 3 is 2.93 bits per heavy atom. The molecule has 0 fully saturated rings. The largest absolute Gasteiger partial charge is 0.493 e. The minimum Gasteiger partial charge on any atom is -0.493 e. The van der Waals surface area contributed by atoms with Crippen molar-refractivity contribution in [3.63, 3.8) is 0 Å². The third-order valence-electron chi connectivity index (χ3n) is 5.33. The molecule has 0 bridgehead atoms. The van der Waals surface area contributed by atoms with E-state index in [2.05, 4.69) is 22.4 Å². The molecule has 2 aromatic carbocycles. The molecule has 1 aromatic heterocycles. The summed E-state index contributed by atoms with van der Waals surface area (Å²) in [5.41, 5.74) is 4.43. The molecule has 1 aliphatic heterocycles. The zero-order valence-corrected chi connectivity index (χ0v) is 16.2. The Morgan fingerprint density at radius 2 is 2.14 bits per heavy atom. The van der Waals surface area contributed by atoms with Gasteiger partial charge in [-0.2, -0.15) is 0 Å². The second-order valence-electron chi connectivity index (χ2n) is 6.87. The molecule has 6 nitrogen and oxygen atoms in total. The lowest BCUT2D eigenvalue weighted by Gasteiger charge is -2.35. The van der Waals surface area contributed by atoms with E-state index in [0.29, 0.717) is 25.4 Å². The maximum Gasteiger partial charge on any atom is 0.210 e. The second-order valence-corrected chi connectivity index (χ2v) is 6.87. The number of hydrogen-bond donors (Lipinski definition) is 2. The molecule has 1 aliphatic rings. The summed E-state index contributed by atoms with van der Waals surface area (Å²) < 4.78 is 11.3. The predicted octanol–water partition coefficient (Wildman–Crippen LogP) is 3.74. The number of carbonyl (C=O) groups is 1. The number of benzene rings is 2. The molecule has 146 valence electrons. The van der Waals surface area contributed by atoms with Crippen molar-refractivity contribution in [1.82, 2.24) is 9.88 Å². The number of fused-ring (bicyclic) bond motifs is 2. The highest BCUT2D eigenvalue weighted by atomic mass is 16.5. The first-order valence-electron chi connectivity index (χ1n) is 9.59. The molecule has 2 N–H and O–H groups in total. The number of aromatic amines is 1. The van der Waals surface area contributed by atoms with Crippen LogP contribution in [0.25, 0.3) is 10.9 Å². The molecule has 28 heavy (non-hydrogen) atoms. The maximum absolute atomic E-state index is 11.7. The van der Waals surface area contributed by atoms with Gasteiger partial charge in [0.15, 0.2) is 11.5 Å². The van der Waals surface area contributed by atoms with Gasteiger partial charge in [-0.15, -0.1) is 0 Å². The van der Waals surface area contributed by atoms with Crippen molar-refractivity contribution in [2.24, 2.45) is 0 Å². The number of anilines is 1. The molecule has 0 saturated heterocycles. The number of aromatic nitrogens is 1. The highest BCUT2D eigenvalue weighted by Gasteiger charge is 2.28. The fraction of sp³-hybridized carbons (Fsp3) is 0.318. The number of nitrogens with one attached hydrogen (secondary N) is 2. The Kier molecular flexibility index (Phi) is 5.10. The van der Waals surface area contributed by atoms with E-state index in [-0.39, 0.29) is 6.04 Å². The number of ether oxygens (including phenoxy) is 2. The lowest BCUT2D eigenvalue weighted by atomic mass is 9.92. The number of rotatable bonds is 7. The van der Waals surface area contributed by atoms with E-state index >= 15 is 0 Å². The molecule has 0 spiro atoms. The molecule has 4 rings (SSSR count). The maximum atomic E-state index is 11.7. The van der Waals surface area contributed by atoms with E-state index in [0.717, 1.165) is 40.7 Å². The second kappa shape index (κ2) is 7.84. The van der Waals surface area contributed by atoms with Gasteiger partial charge in [0.2, 0.25) is 6.41 Å². The fourth-order valence-corrected chi connectivity index (χ4v) is 3.93. The van der Waals surface area contributed by atoms with Crippen LogP contribution in [0, 0.1) is 0 Å². The Hall–Kier alpha value is -3.15. The topological polar surface area (TPSA) is 66.6 Å². The zero-order chi connectivity index (χ0) is 19.5. The van der Waals surface area contributed by atoms with Gasteiger partial charge in [-0.05, 0) is 42.7 Å². The lowest BCUT2D eigenvalue weighted by molar-refractivity contribution is -0.120. The molecular weight excluding hydrogens is 354 g/mol. The molecule has 6 heteroatoms. The molecule has 1 atom stereocenters. The van der Waals surface area contributed by atoms with Crippen LogP contribution in [0.5, 0.6) is 11.5 Å². The van der Waals surface area contributed by atoms with Gasteiger partial charge in [0.25, 0.3) is 0 Å². The van der Waals surface area contributed by atoms with Crippen molar-refractivity contribution < 1.29 is 14.3 Å². The Balaban J connectivity index is 1.65. The summed E-state index contributed by atoms with van der Waals surface area (Å²) in [5.74, 6) is 1.46. The summed E-state index contributed by atoms with van der Waals surface area (Å²) >= 11 is 0. The summed E-state index contributed by atoms with van der Waals surface area (Å²) in [5, 5.41) is 4.66. The lowest BCUT2D eigenvalue weighted by Crippen LogP contribution is -2.38. The fourth-order valence-electron chi connectivity index (χ4n) is 3.93. The number of para-hydroxylation sites is 1. The van der Waals surface area contributed by atoms with E-state index in [1.54, 1.807) is 7.11 Å². The molecule has 0 saturated carbocycles. The summed E-state index contributed by atoms with van der Waals surface area (Å²) in [6.07, 6.45) is 3.72. The first-order valence-corrected chi connectivity index (χ1v) is 9.59. The summed E-state index contributed by atoms with van der Waals surface area (Å²) in [6, 6.07) is 12.2. The van der Waals surface area contributed by atoms with Gasteiger partial charge in [-0.3, -0.25) is 4.79 Å². The van der Waals surface area contributed by atoms with E-state index in [1.807, 2.05) is 42.3 Å².